The fourth-order valence-electron chi connectivity index (χ4n) is 1.56. The summed E-state index contributed by atoms with van der Waals surface area (Å²) in [6, 6.07) is 3.74. The Hall–Kier alpha value is -1.75. The third-order valence-corrected chi connectivity index (χ3v) is 2.93. The van der Waals surface area contributed by atoms with E-state index in [4.69, 9.17) is 11.6 Å². The smallest absolute Gasteiger partial charge is 0.287 e. The van der Waals surface area contributed by atoms with Crippen molar-refractivity contribution in [1.82, 2.24) is 14.5 Å². The van der Waals surface area contributed by atoms with Gasteiger partial charge in [-0.2, -0.15) is 5.10 Å². The first-order valence-corrected chi connectivity index (χ1v) is 6.25. The molecule has 2 rings (SSSR count). The number of aryl methyl sites for hydroxylation is 1. The van der Waals surface area contributed by atoms with Crippen LogP contribution < -0.4 is 11.0 Å². The van der Waals surface area contributed by atoms with Crippen LogP contribution in [0.1, 0.15) is 19.8 Å². The number of hydrogen-bond donors (Lipinski definition) is 1. The van der Waals surface area contributed by atoms with Crippen molar-refractivity contribution < 1.29 is 0 Å². The molecule has 5 nitrogen and oxygen atoms in total. The van der Waals surface area contributed by atoms with Crippen LogP contribution in [0.15, 0.2) is 35.5 Å². The van der Waals surface area contributed by atoms with Crippen molar-refractivity contribution in [3.63, 3.8) is 0 Å². The van der Waals surface area contributed by atoms with Gasteiger partial charge in [0, 0.05) is 18.9 Å². The van der Waals surface area contributed by atoms with E-state index in [-0.39, 0.29) is 10.6 Å². The van der Waals surface area contributed by atoms with Crippen LogP contribution >= 0.6 is 11.6 Å². The highest BCUT2D eigenvalue weighted by Crippen LogP contribution is 2.15. The molecular formula is C12H15ClN4O. The fraction of sp³-hybridized carbons (Fsp3) is 0.333. The van der Waals surface area contributed by atoms with Gasteiger partial charge in [0.15, 0.2) is 0 Å². The quantitative estimate of drug-likeness (QED) is 0.904. The van der Waals surface area contributed by atoms with E-state index in [1.165, 1.54) is 4.68 Å². The molecular weight excluding hydrogens is 252 g/mol. The number of anilines is 1. The predicted molar refractivity (Wildman–Crippen MR) is 71.9 cm³/mol. The van der Waals surface area contributed by atoms with Crippen molar-refractivity contribution >= 4 is 17.3 Å². The van der Waals surface area contributed by atoms with E-state index >= 15 is 0 Å². The molecule has 0 bridgehead atoms. The van der Waals surface area contributed by atoms with Gasteiger partial charge in [0.05, 0.1) is 11.9 Å². The van der Waals surface area contributed by atoms with E-state index < -0.39 is 0 Å². The number of aromatic nitrogens is 3. The van der Waals surface area contributed by atoms with Gasteiger partial charge in [0.2, 0.25) is 0 Å². The third-order valence-electron chi connectivity index (χ3n) is 2.56. The van der Waals surface area contributed by atoms with Gasteiger partial charge >= 0.3 is 0 Å². The summed E-state index contributed by atoms with van der Waals surface area (Å²) in [6.45, 7) is 2.66. The highest BCUT2D eigenvalue weighted by molar-refractivity contribution is 6.32. The summed E-state index contributed by atoms with van der Waals surface area (Å²) in [5.74, 6) is 0. The van der Waals surface area contributed by atoms with Crippen LogP contribution in [-0.4, -0.2) is 14.5 Å². The van der Waals surface area contributed by atoms with Gasteiger partial charge in [-0.1, -0.05) is 24.9 Å². The normalized spacial score (nSPS) is 10.6. The molecule has 2 aromatic rings. The summed E-state index contributed by atoms with van der Waals surface area (Å²) in [5, 5.41) is 4.26. The SMILES string of the molecule is CCCCn1ncc(Nn2cccc2)c(Cl)c1=O. The molecule has 0 fully saturated rings. The summed E-state index contributed by atoms with van der Waals surface area (Å²) in [7, 11) is 0. The Morgan fingerprint density at radius 3 is 2.78 bits per heavy atom. The molecule has 18 heavy (non-hydrogen) atoms. The summed E-state index contributed by atoms with van der Waals surface area (Å²) in [4.78, 5) is 11.9. The zero-order chi connectivity index (χ0) is 13.0. The molecule has 0 atom stereocenters. The summed E-state index contributed by atoms with van der Waals surface area (Å²) >= 11 is 6.05. The number of hydrogen-bond acceptors (Lipinski definition) is 3. The van der Waals surface area contributed by atoms with Crippen LogP contribution in [0.25, 0.3) is 0 Å². The standard InChI is InChI=1S/C12H15ClN4O/c1-2-3-8-17-12(18)11(13)10(9-14-17)15-16-6-4-5-7-16/h4-7,9,15H,2-3,8H2,1H3. The molecule has 0 amide bonds. The first-order valence-electron chi connectivity index (χ1n) is 5.88. The van der Waals surface area contributed by atoms with E-state index in [0.717, 1.165) is 12.8 Å². The Morgan fingerprint density at radius 1 is 1.39 bits per heavy atom. The molecule has 1 N–H and O–H groups in total. The second kappa shape index (κ2) is 5.73. The molecule has 96 valence electrons. The number of rotatable bonds is 5. The van der Waals surface area contributed by atoms with E-state index in [1.54, 1.807) is 10.9 Å². The molecule has 0 aliphatic carbocycles. The van der Waals surface area contributed by atoms with Crippen molar-refractivity contribution in [2.45, 2.75) is 26.3 Å². The van der Waals surface area contributed by atoms with E-state index in [2.05, 4.69) is 17.4 Å². The van der Waals surface area contributed by atoms with Crippen LogP contribution in [0.5, 0.6) is 0 Å². The minimum atomic E-state index is -0.262. The molecule has 6 heteroatoms. The van der Waals surface area contributed by atoms with Crippen molar-refractivity contribution in [2.24, 2.45) is 0 Å². The zero-order valence-corrected chi connectivity index (χ0v) is 10.9. The van der Waals surface area contributed by atoms with Crippen molar-refractivity contribution in [3.05, 3.63) is 46.1 Å². The minimum Gasteiger partial charge on any atom is -0.292 e. The Kier molecular flexibility index (Phi) is 4.04. The molecule has 0 aromatic carbocycles. The third kappa shape index (κ3) is 2.73. The molecule has 0 aliphatic rings. The second-order valence-corrected chi connectivity index (χ2v) is 4.33. The lowest BCUT2D eigenvalue weighted by Crippen LogP contribution is -2.24. The Balaban J connectivity index is 2.23. The number of unbranched alkanes of at least 4 members (excludes halogenated alkanes) is 1. The second-order valence-electron chi connectivity index (χ2n) is 3.96. The van der Waals surface area contributed by atoms with Crippen LogP contribution in [0.3, 0.4) is 0 Å². The van der Waals surface area contributed by atoms with Gasteiger partial charge in [-0.3, -0.25) is 14.9 Å². The van der Waals surface area contributed by atoms with Crippen LogP contribution in [0.2, 0.25) is 5.02 Å². The van der Waals surface area contributed by atoms with Gasteiger partial charge in [-0.15, -0.1) is 0 Å². The van der Waals surface area contributed by atoms with Crippen LogP contribution in [0, 0.1) is 0 Å². The molecule has 0 saturated heterocycles. The van der Waals surface area contributed by atoms with Gasteiger partial charge in [-0.25, -0.2) is 4.68 Å². The molecule has 2 aromatic heterocycles. The highest BCUT2D eigenvalue weighted by Gasteiger charge is 2.08. The average Bonchev–Trinajstić information content (AvgIpc) is 2.87. The number of halogens is 1. The van der Waals surface area contributed by atoms with E-state index in [9.17, 15) is 4.79 Å². The minimum absolute atomic E-state index is 0.162. The zero-order valence-electron chi connectivity index (χ0n) is 10.1. The Labute approximate surface area is 110 Å². The lowest BCUT2D eigenvalue weighted by molar-refractivity contribution is 0.543. The largest absolute Gasteiger partial charge is 0.292 e. The lowest BCUT2D eigenvalue weighted by atomic mass is 10.3. The fourth-order valence-corrected chi connectivity index (χ4v) is 1.75. The first-order chi connectivity index (χ1) is 8.72. The molecule has 0 spiro atoms. The van der Waals surface area contributed by atoms with Crippen molar-refractivity contribution in [3.8, 4) is 0 Å². The first kappa shape index (κ1) is 12.7. The maximum Gasteiger partial charge on any atom is 0.287 e. The molecule has 0 saturated carbocycles. The predicted octanol–water partition coefficient (Wildman–Crippen LogP) is 2.37. The Bertz CT molecular complexity index is 562. The van der Waals surface area contributed by atoms with Crippen LogP contribution in [0.4, 0.5) is 5.69 Å². The molecule has 2 heterocycles. The van der Waals surface area contributed by atoms with E-state index in [0.29, 0.717) is 12.2 Å². The molecule has 0 unspecified atom stereocenters. The lowest BCUT2D eigenvalue weighted by Gasteiger charge is -2.10. The topological polar surface area (TPSA) is 51.9 Å². The van der Waals surface area contributed by atoms with Crippen LogP contribution in [-0.2, 0) is 6.54 Å². The maximum absolute atomic E-state index is 11.9. The summed E-state index contributed by atoms with van der Waals surface area (Å²) in [6.07, 6.45) is 7.12. The summed E-state index contributed by atoms with van der Waals surface area (Å²) < 4.78 is 3.10. The van der Waals surface area contributed by atoms with Gasteiger partial charge in [0.1, 0.15) is 5.02 Å². The maximum atomic E-state index is 11.9. The molecule has 0 radical (unpaired) electrons. The highest BCUT2D eigenvalue weighted by atomic mass is 35.5. The Morgan fingerprint density at radius 2 is 2.11 bits per heavy atom. The van der Waals surface area contributed by atoms with Crippen molar-refractivity contribution in [2.75, 3.05) is 5.43 Å². The van der Waals surface area contributed by atoms with Gasteiger partial charge in [-0.05, 0) is 18.6 Å². The van der Waals surface area contributed by atoms with Gasteiger partial charge < -0.3 is 0 Å². The van der Waals surface area contributed by atoms with E-state index in [1.807, 2.05) is 24.5 Å². The number of nitrogens with zero attached hydrogens (tertiary/aromatic N) is 3. The van der Waals surface area contributed by atoms with Crippen molar-refractivity contribution in [1.29, 1.82) is 0 Å². The number of nitrogens with one attached hydrogen (secondary N) is 1. The summed E-state index contributed by atoms with van der Waals surface area (Å²) in [5.41, 5.74) is 3.23. The van der Waals surface area contributed by atoms with Gasteiger partial charge in [0.25, 0.3) is 5.56 Å². The molecule has 0 aliphatic heterocycles. The average molecular weight is 267 g/mol. The monoisotopic (exact) mass is 266 g/mol.